The van der Waals surface area contributed by atoms with Gasteiger partial charge in [-0.15, -0.1) is 3.95 Å². The third kappa shape index (κ3) is 2.68. The zero-order valence-electron chi connectivity index (χ0n) is 12.1. The van der Waals surface area contributed by atoms with Gasteiger partial charge in [0, 0.05) is 11.4 Å². The Kier molecular flexibility index (Phi) is 3.95. The summed E-state index contributed by atoms with van der Waals surface area (Å²) in [6, 6.07) is 8.41. The first kappa shape index (κ1) is 14.5. The fourth-order valence-corrected chi connectivity index (χ4v) is 4.14. The molecule has 0 bridgehead atoms. The summed E-state index contributed by atoms with van der Waals surface area (Å²) in [7, 11) is 0. The SMILES string of the molecule is CCN1C(=C(C)C=C2C[N+](=S)CC2=O)Sc2ccccc21. The molecule has 1 saturated heterocycles. The lowest BCUT2D eigenvalue weighted by atomic mass is 10.1. The normalized spacial score (nSPS) is 22.2. The first-order valence-corrected chi connectivity index (χ1v) is 8.19. The highest BCUT2D eigenvalue weighted by Crippen LogP contribution is 2.47. The Morgan fingerprint density at radius 2 is 2.19 bits per heavy atom. The summed E-state index contributed by atoms with van der Waals surface area (Å²) in [6.45, 7) is 6.07. The average molecular weight is 317 g/mol. The minimum atomic E-state index is 0.147. The molecule has 2 heterocycles. The van der Waals surface area contributed by atoms with Gasteiger partial charge in [-0.05, 0) is 37.6 Å². The van der Waals surface area contributed by atoms with E-state index in [-0.39, 0.29) is 5.78 Å². The monoisotopic (exact) mass is 317 g/mol. The summed E-state index contributed by atoms with van der Waals surface area (Å²) < 4.78 is 1.64. The summed E-state index contributed by atoms with van der Waals surface area (Å²) in [5, 5.41) is 1.21. The number of benzene rings is 1. The van der Waals surface area contributed by atoms with Gasteiger partial charge in [-0.3, -0.25) is 4.79 Å². The molecule has 0 aliphatic carbocycles. The Balaban J connectivity index is 1.98. The van der Waals surface area contributed by atoms with Gasteiger partial charge in [-0.2, -0.15) is 0 Å². The Bertz CT molecular complexity index is 691. The number of rotatable bonds is 2. The third-order valence-electron chi connectivity index (χ3n) is 3.68. The van der Waals surface area contributed by atoms with Gasteiger partial charge in [0.25, 0.3) is 12.4 Å². The van der Waals surface area contributed by atoms with Crippen LogP contribution in [0.25, 0.3) is 0 Å². The second-order valence-electron chi connectivity index (χ2n) is 5.19. The maximum absolute atomic E-state index is 11.9. The first-order chi connectivity index (χ1) is 10.1. The van der Waals surface area contributed by atoms with Crippen molar-refractivity contribution in [1.82, 2.24) is 0 Å². The van der Waals surface area contributed by atoms with Crippen LogP contribution < -0.4 is 4.90 Å². The molecule has 108 valence electrons. The number of anilines is 1. The molecular weight excluding hydrogens is 300 g/mol. The van der Waals surface area contributed by atoms with Crippen LogP contribution in [-0.4, -0.2) is 29.4 Å². The first-order valence-electron chi connectivity index (χ1n) is 7.01. The standard InChI is InChI=1S/C16H17N2OS2/c1-3-18-13-6-4-5-7-15(13)21-16(18)11(2)8-12-9-17(20)10-14(12)19/h4-8H,3,9-10H2,1-2H3/q+1. The number of hydrogen-bond donors (Lipinski definition) is 0. The number of fused-ring (bicyclic) bond motifs is 1. The molecule has 1 aromatic rings. The van der Waals surface area contributed by atoms with Crippen molar-refractivity contribution >= 4 is 35.7 Å². The Morgan fingerprint density at radius 3 is 2.86 bits per heavy atom. The van der Waals surface area contributed by atoms with Gasteiger partial charge in [-0.25, -0.2) is 0 Å². The molecule has 3 nitrogen and oxygen atoms in total. The van der Waals surface area contributed by atoms with Crippen LogP contribution in [0.3, 0.4) is 0 Å². The molecule has 0 N–H and O–H groups in total. The number of hydrogen-bond acceptors (Lipinski definition) is 4. The molecule has 1 fully saturated rings. The van der Waals surface area contributed by atoms with E-state index in [0.29, 0.717) is 13.1 Å². The van der Waals surface area contributed by atoms with Crippen LogP contribution in [0, 0.1) is 0 Å². The van der Waals surface area contributed by atoms with E-state index in [1.165, 1.54) is 15.6 Å². The van der Waals surface area contributed by atoms with Crippen LogP contribution in [0.5, 0.6) is 0 Å². The summed E-state index contributed by atoms with van der Waals surface area (Å²) in [6.07, 6.45) is 2.01. The lowest BCUT2D eigenvalue weighted by molar-refractivity contribution is -0.465. The number of para-hydroxylation sites is 1. The van der Waals surface area contributed by atoms with Crippen LogP contribution in [0.4, 0.5) is 5.69 Å². The third-order valence-corrected chi connectivity index (χ3v) is 5.24. The topological polar surface area (TPSA) is 23.3 Å². The lowest BCUT2D eigenvalue weighted by Gasteiger charge is -2.19. The van der Waals surface area contributed by atoms with Gasteiger partial charge in [0.1, 0.15) is 0 Å². The number of allylic oxidation sites excluding steroid dienone is 2. The van der Waals surface area contributed by atoms with E-state index < -0.39 is 0 Å². The van der Waals surface area contributed by atoms with E-state index in [1.807, 2.05) is 6.08 Å². The van der Waals surface area contributed by atoms with E-state index in [1.54, 1.807) is 15.7 Å². The molecular formula is C16H17N2OS2+. The van der Waals surface area contributed by atoms with Gasteiger partial charge in [-0.1, -0.05) is 23.9 Å². The maximum Gasteiger partial charge on any atom is 0.264 e. The minimum absolute atomic E-state index is 0.147. The van der Waals surface area contributed by atoms with E-state index in [9.17, 15) is 4.79 Å². The maximum atomic E-state index is 11.9. The van der Waals surface area contributed by atoms with Crippen LogP contribution in [0.2, 0.25) is 0 Å². The minimum Gasteiger partial charge on any atom is -0.335 e. The zero-order valence-corrected chi connectivity index (χ0v) is 13.8. The van der Waals surface area contributed by atoms with Gasteiger partial charge < -0.3 is 4.90 Å². The largest absolute Gasteiger partial charge is 0.335 e. The zero-order chi connectivity index (χ0) is 15.0. The van der Waals surface area contributed by atoms with Crippen molar-refractivity contribution in [3.63, 3.8) is 0 Å². The van der Waals surface area contributed by atoms with Crippen molar-refractivity contribution < 1.29 is 8.74 Å². The highest BCUT2D eigenvalue weighted by atomic mass is 32.2. The van der Waals surface area contributed by atoms with Crippen molar-refractivity contribution in [1.29, 1.82) is 0 Å². The summed E-state index contributed by atoms with van der Waals surface area (Å²) >= 11 is 6.86. The molecule has 0 atom stereocenters. The molecule has 3 rings (SSSR count). The summed E-state index contributed by atoms with van der Waals surface area (Å²) in [5.74, 6) is 0.147. The summed E-state index contributed by atoms with van der Waals surface area (Å²) in [5.41, 5.74) is 3.20. The lowest BCUT2D eigenvalue weighted by Crippen LogP contribution is -2.17. The van der Waals surface area contributed by atoms with Crippen LogP contribution in [0.15, 0.2) is 51.4 Å². The molecule has 0 aromatic heterocycles. The van der Waals surface area contributed by atoms with Crippen molar-refractivity contribution in [3.05, 3.63) is 46.5 Å². The predicted molar refractivity (Wildman–Crippen MR) is 88.5 cm³/mol. The number of thioether (sulfide) groups is 1. The molecule has 2 aliphatic heterocycles. The van der Waals surface area contributed by atoms with Crippen LogP contribution in [0.1, 0.15) is 13.8 Å². The second kappa shape index (κ2) is 5.73. The van der Waals surface area contributed by atoms with E-state index in [2.05, 4.69) is 43.0 Å². The smallest absolute Gasteiger partial charge is 0.264 e. The quantitative estimate of drug-likeness (QED) is 0.618. The van der Waals surface area contributed by atoms with E-state index in [0.717, 1.165) is 17.7 Å². The highest BCUT2D eigenvalue weighted by molar-refractivity contribution is 8.03. The van der Waals surface area contributed by atoms with Crippen molar-refractivity contribution in [2.45, 2.75) is 18.7 Å². The average Bonchev–Trinajstić information content (AvgIpc) is 2.98. The predicted octanol–water partition coefficient (Wildman–Crippen LogP) is 3.10. The number of carbonyl (C=O) groups excluding carboxylic acids is 1. The van der Waals surface area contributed by atoms with Gasteiger partial charge in [0.05, 0.1) is 16.3 Å². The van der Waals surface area contributed by atoms with Gasteiger partial charge in [0.2, 0.25) is 12.3 Å². The van der Waals surface area contributed by atoms with Crippen molar-refractivity contribution in [2.24, 2.45) is 0 Å². The summed E-state index contributed by atoms with van der Waals surface area (Å²) in [4.78, 5) is 15.5. The molecule has 0 amide bonds. The molecule has 0 saturated carbocycles. The van der Waals surface area contributed by atoms with Crippen LogP contribution in [-0.2, 0) is 17.2 Å². The van der Waals surface area contributed by atoms with E-state index in [4.69, 9.17) is 12.4 Å². The molecule has 0 unspecified atom stereocenters. The Hall–Kier alpha value is -1.46. The number of Topliss-reactive ketones (excluding diaryl/α,β-unsaturated/α-hetero) is 1. The molecule has 0 spiro atoms. The molecule has 5 heteroatoms. The van der Waals surface area contributed by atoms with Crippen LogP contribution >= 0.6 is 11.8 Å². The molecule has 0 radical (unpaired) electrons. The fourth-order valence-electron chi connectivity index (χ4n) is 2.69. The molecule has 2 aliphatic rings. The number of nitrogens with zero attached hydrogens (tertiary/aromatic N) is 2. The fraction of sp³-hybridized carbons (Fsp3) is 0.312. The number of carbonyl (C=O) groups is 1. The number of ketones is 1. The Labute approximate surface area is 134 Å². The van der Waals surface area contributed by atoms with Gasteiger partial charge >= 0.3 is 0 Å². The Morgan fingerprint density at radius 1 is 1.43 bits per heavy atom. The van der Waals surface area contributed by atoms with Gasteiger partial charge in [0.15, 0.2) is 6.54 Å². The second-order valence-corrected chi connectivity index (χ2v) is 6.74. The molecule has 1 aromatic carbocycles. The highest BCUT2D eigenvalue weighted by Gasteiger charge is 2.30. The van der Waals surface area contributed by atoms with Crippen molar-refractivity contribution in [2.75, 3.05) is 24.5 Å². The molecule has 21 heavy (non-hydrogen) atoms. The van der Waals surface area contributed by atoms with Crippen molar-refractivity contribution in [3.8, 4) is 0 Å². The van der Waals surface area contributed by atoms with E-state index >= 15 is 0 Å².